The van der Waals surface area contributed by atoms with Gasteiger partial charge in [0.2, 0.25) is 10.0 Å². The van der Waals surface area contributed by atoms with E-state index in [0.717, 1.165) is 18.9 Å². The lowest BCUT2D eigenvalue weighted by molar-refractivity contribution is 0.350. The summed E-state index contributed by atoms with van der Waals surface area (Å²) in [5.41, 5.74) is 0.0782. The van der Waals surface area contributed by atoms with Crippen molar-refractivity contribution >= 4 is 10.0 Å². The largest absolute Gasteiger partial charge is 0.384 e. The second kappa shape index (κ2) is 5.70. The highest BCUT2D eigenvalue weighted by Crippen LogP contribution is 2.22. The molecule has 0 aliphatic carbocycles. The summed E-state index contributed by atoms with van der Waals surface area (Å²) in [4.78, 5) is -0.0542. The van der Waals surface area contributed by atoms with Gasteiger partial charge in [-0.2, -0.15) is 4.31 Å². The van der Waals surface area contributed by atoms with E-state index in [2.05, 4.69) is 11.8 Å². The van der Waals surface area contributed by atoms with Gasteiger partial charge in [-0.05, 0) is 31.0 Å². The van der Waals surface area contributed by atoms with Crippen LogP contribution in [0.25, 0.3) is 0 Å². The lowest BCUT2D eigenvalue weighted by atomic mass is 10.2. The molecule has 19 heavy (non-hydrogen) atoms. The first-order chi connectivity index (χ1) is 9.05. The molecule has 2 rings (SSSR count). The van der Waals surface area contributed by atoms with E-state index < -0.39 is 15.8 Å². The molecular formula is C13H14FNO3S. The predicted octanol–water partition coefficient (Wildman–Crippen LogP) is 0.954. The van der Waals surface area contributed by atoms with E-state index in [1.54, 1.807) is 0 Å². The maximum absolute atomic E-state index is 13.7. The molecule has 0 bridgehead atoms. The first-order valence-electron chi connectivity index (χ1n) is 5.95. The number of sulfonamides is 1. The minimum atomic E-state index is -3.60. The third kappa shape index (κ3) is 2.95. The lowest BCUT2D eigenvalue weighted by Gasteiger charge is -2.15. The van der Waals surface area contributed by atoms with Crippen LogP contribution in [0.15, 0.2) is 23.1 Å². The molecule has 1 aromatic carbocycles. The van der Waals surface area contributed by atoms with Crippen LogP contribution in [0, 0.1) is 17.7 Å². The molecule has 1 aromatic rings. The number of nitrogens with zero attached hydrogens (tertiary/aromatic N) is 1. The molecule has 0 unspecified atom stereocenters. The lowest BCUT2D eigenvalue weighted by Crippen LogP contribution is -2.27. The summed E-state index contributed by atoms with van der Waals surface area (Å²) < 4.78 is 39.5. The normalized spacial score (nSPS) is 16.1. The van der Waals surface area contributed by atoms with Crippen LogP contribution in [0.5, 0.6) is 0 Å². The smallest absolute Gasteiger partial charge is 0.243 e. The predicted molar refractivity (Wildman–Crippen MR) is 68.4 cm³/mol. The highest BCUT2D eigenvalue weighted by molar-refractivity contribution is 7.89. The Morgan fingerprint density at radius 1 is 1.32 bits per heavy atom. The molecule has 1 aliphatic rings. The summed E-state index contributed by atoms with van der Waals surface area (Å²) in [5.74, 6) is 4.06. The molecule has 1 N–H and O–H groups in total. The number of aliphatic hydroxyl groups excluding tert-OH is 1. The average molecular weight is 283 g/mol. The Labute approximate surface area is 111 Å². The van der Waals surface area contributed by atoms with Gasteiger partial charge in [-0.15, -0.1) is 0 Å². The fourth-order valence-electron chi connectivity index (χ4n) is 1.97. The number of benzene rings is 1. The van der Waals surface area contributed by atoms with Crippen LogP contribution in [-0.2, 0) is 10.0 Å². The van der Waals surface area contributed by atoms with Gasteiger partial charge in [-0.3, -0.25) is 0 Å². The second-order valence-electron chi connectivity index (χ2n) is 4.21. The number of hydrogen-bond donors (Lipinski definition) is 1. The van der Waals surface area contributed by atoms with Crippen LogP contribution in [-0.4, -0.2) is 37.5 Å². The molecule has 1 heterocycles. The standard InChI is InChI=1S/C13H14FNO3S/c14-13-10-12(6-5-11(13)4-3-9-16)19(17,18)15-7-1-2-8-15/h5-6,10,16H,1-2,7-9H2. The molecule has 6 heteroatoms. The second-order valence-corrected chi connectivity index (χ2v) is 6.15. The van der Waals surface area contributed by atoms with Gasteiger partial charge < -0.3 is 5.11 Å². The van der Waals surface area contributed by atoms with Crippen molar-refractivity contribution in [2.24, 2.45) is 0 Å². The molecule has 4 nitrogen and oxygen atoms in total. The zero-order chi connectivity index (χ0) is 13.9. The minimum absolute atomic E-state index is 0.0542. The minimum Gasteiger partial charge on any atom is -0.384 e. The quantitative estimate of drug-likeness (QED) is 0.822. The van der Waals surface area contributed by atoms with Crippen molar-refractivity contribution in [1.29, 1.82) is 0 Å². The summed E-state index contributed by atoms with van der Waals surface area (Å²) in [6.07, 6.45) is 1.67. The van der Waals surface area contributed by atoms with Gasteiger partial charge in [0.25, 0.3) is 0 Å². The maximum atomic E-state index is 13.7. The van der Waals surface area contributed by atoms with Crippen molar-refractivity contribution in [3.8, 4) is 11.8 Å². The molecule has 0 amide bonds. The molecule has 1 aliphatic heterocycles. The molecule has 102 valence electrons. The number of aliphatic hydroxyl groups is 1. The maximum Gasteiger partial charge on any atom is 0.243 e. The molecule has 0 radical (unpaired) electrons. The first kappa shape index (κ1) is 14.0. The highest BCUT2D eigenvalue weighted by Gasteiger charge is 2.27. The topological polar surface area (TPSA) is 57.6 Å². The van der Waals surface area contributed by atoms with Gasteiger partial charge in [0.05, 0.1) is 10.5 Å². The van der Waals surface area contributed by atoms with E-state index in [9.17, 15) is 12.8 Å². The van der Waals surface area contributed by atoms with Crippen LogP contribution >= 0.6 is 0 Å². The third-order valence-corrected chi connectivity index (χ3v) is 4.84. The Bertz CT molecular complexity index is 625. The van der Waals surface area contributed by atoms with E-state index >= 15 is 0 Å². The van der Waals surface area contributed by atoms with Crippen LogP contribution in [0.2, 0.25) is 0 Å². The summed E-state index contributed by atoms with van der Waals surface area (Å²) in [5, 5.41) is 8.55. The molecule has 0 aromatic heterocycles. The van der Waals surface area contributed by atoms with Gasteiger partial charge in [0.15, 0.2) is 0 Å². The number of hydrogen-bond acceptors (Lipinski definition) is 3. The van der Waals surface area contributed by atoms with Crippen LogP contribution in [0.1, 0.15) is 18.4 Å². The van der Waals surface area contributed by atoms with Crippen LogP contribution in [0.4, 0.5) is 4.39 Å². The molecule has 0 spiro atoms. The van der Waals surface area contributed by atoms with Crippen molar-refractivity contribution in [1.82, 2.24) is 4.31 Å². The van der Waals surface area contributed by atoms with Crippen molar-refractivity contribution < 1.29 is 17.9 Å². The Morgan fingerprint density at radius 3 is 2.58 bits per heavy atom. The Morgan fingerprint density at radius 2 is 2.00 bits per heavy atom. The average Bonchev–Trinajstić information content (AvgIpc) is 2.91. The number of rotatable bonds is 2. The fraction of sp³-hybridized carbons (Fsp3) is 0.385. The van der Waals surface area contributed by atoms with E-state index in [0.29, 0.717) is 13.1 Å². The summed E-state index contributed by atoms with van der Waals surface area (Å²) >= 11 is 0. The third-order valence-electron chi connectivity index (χ3n) is 2.95. The summed E-state index contributed by atoms with van der Waals surface area (Å²) in [6.45, 7) is 0.597. The first-order valence-corrected chi connectivity index (χ1v) is 7.39. The van der Waals surface area contributed by atoms with Crippen molar-refractivity contribution in [3.05, 3.63) is 29.6 Å². The molecule has 1 fully saturated rings. The summed E-state index contributed by atoms with van der Waals surface area (Å²) in [6, 6.07) is 3.65. The Hall–Kier alpha value is -1.42. The molecular weight excluding hydrogens is 269 g/mol. The fourth-order valence-corrected chi connectivity index (χ4v) is 3.50. The van der Waals surface area contributed by atoms with Crippen molar-refractivity contribution in [3.63, 3.8) is 0 Å². The van der Waals surface area contributed by atoms with Gasteiger partial charge >= 0.3 is 0 Å². The molecule has 0 saturated carbocycles. The van der Waals surface area contributed by atoms with E-state index in [4.69, 9.17) is 5.11 Å². The van der Waals surface area contributed by atoms with E-state index in [-0.39, 0.29) is 17.1 Å². The molecule has 1 saturated heterocycles. The van der Waals surface area contributed by atoms with Crippen molar-refractivity contribution in [2.45, 2.75) is 17.7 Å². The number of halogens is 1. The van der Waals surface area contributed by atoms with Crippen molar-refractivity contribution in [2.75, 3.05) is 19.7 Å². The van der Waals surface area contributed by atoms with E-state index in [1.807, 2.05) is 0 Å². The summed E-state index contributed by atoms with van der Waals surface area (Å²) in [7, 11) is -3.60. The van der Waals surface area contributed by atoms with Gasteiger partial charge in [0, 0.05) is 13.1 Å². The zero-order valence-electron chi connectivity index (χ0n) is 10.3. The Balaban J connectivity index is 2.34. The van der Waals surface area contributed by atoms with Crippen LogP contribution in [0.3, 0.4) is 0 Å². The van der Waals surface area contributed by atoms with Gasteiger partial charge in [-0.1, -0.05) is 11.8 Å². The van der Waals surface area contributed by atoms with Crippen LogP contribution < -0.4 is 0 Å². The monoisotopic (exact) mass is 283 g/mol. The zero-order valence-corrected chi connectivity index (χ0v) is 11.1. The van der Waals surface area contributed by atoms with E-state index in [1.165, 1.54) is 16.4 Å². The molecule has 0 atom stereocenters. The SMILES string of the molecule is O=S(=O)(c1ccc(C#CCO)c(F)c1)N1CCCC1. The Kier molecular flexibility index (Phi) is 4.20. The van der Waals surface area contributed by atoms with Gasteiger partial charge in [-0.25, -0.2) is 12.8 Å². The highest BCUT2D eigenvalue weighted by atomic mass is 32.2. The van der Waals surface area contributed by atoms with Gasteiger partial charge in [0.1, 0.15) is 12.4 Å².